The molecule has 5 aromatic carbocycles. The van der Waals surface area contributed by atoms with Gasteiger partial charge in [-0.05, 0) is 87.7 Å². The number of anilines is 2. The molecule has 0 amide bonds. The third kappa shape index (κ3) is 5.34. The highest BCUT2D eigenvalue weighted by atomic mass is 33.5. The number of pyridine rings is 1. The number of nitrogens with one attached hydrogen (secondary N) is 3. The summed E-state index contributed by atoms with van der Waals surface area (Å²) in [5.74, 6) is 1.10. The molecule has 2 aliphatic heterocycles. The van der Waals surface area contributed by atoms with E-state index in [9.17, 15) is 0 Å². The second-order valence-electron chi connectivity index (χ2n) is 15.1. The van der Waals surface area contributed by atoms with Crippen molar-refractivity contribution in [2.45, 2.75) is 18.1 Å². The molecular weight excluding hydrogens is 755 g/mol. The van der Waals surface area contributed by atoms with Gasteiger partial charge < -0.3 is 24.3 Å². The van der Waals surface area contributed by atoms with Gasteiger partial charge in [0.05, 0.1) is 16.9 Å². The molecule has 12 rings (SSSR count). The van der Waals surface area contributed by atoms with Crippen LogP contribution in [0.25, 0.3) is 83.0 Å². The van der Waals surface area contributed by atoms with Gasteiger partial charge in [0, 0.05) is 108 Å². The smallest absolute Gasteiger partial charge is 0.0563 e. The van der Waals surface area contributed by atoms with Gasteiger partial charge in [-0.15, -0.1) is 0 Å². The van der Waals surface area contributed by atoms with Crippen molar-refractivity contribution in [1.29, 1.82) is 0 Å². The van der Waals surface area contributed by atoms with E-state index in [0.29, 0.717) is 0 Å². The Labute approximate surface area is 341 Å². The Bertz CT molecular complexity index is 3090. The molecule has 2 aliphatic rings. The Kier molecular flexibility index (Phi) is 7.91. The van der Waals surface area contributed by atoms with Crippen molar-refractivity contribution in [3.8, 4) is 44.9 Å². The number of fused-ring (bicyclic) bond motifs is 5. The molecular formula is C49H37N5S3. The molecule has 7 heterocycles. The molecule has 3 N–H and O–H groups in total. The highest BCUT2D eigenvalue weighted by Gasteiger charge is 2.38. The van der Waals surface area contributed by atoms with Crippen LogP contribution in [0.2, 0.25) is 0 Å². The fraction of sp³-hybridized carbons (Fsp3) is 0.102. The Morgan fingerprint density at radius 1 is 0.632 bits per heavy atom. The number of aromatic nitrogens is 4. The molecule has 0 radical (unpaired) electrons. The minimum absolute atomic E-state index is 0.244. The van der Waals surface area contributed by atoms with Crippen molar-refractivity contribution < 1.29 is 0 Å². The molecule has 1 fully saturated rings. The molecule has 0 aliphatic carbocycles. The van der Waals surface area contributed by atoms with Gasteiger partial charge in [0.1, 0.15) is 0 Å². The first-order chi connectivity index (χ1) is 28.3. The lowest BCUT2D eigenvalue weighted by molar-refractivity contribution is 0.900. The third-order valence-corrected chi connectivity index (χ3v) is 16.5. The summed E-state index contributed by atoms with van der Waals surface area (Å²) >= 11 is 0. The van der Waals surface area contributed by atoms with E-state index in [1.165, 1.54) is 77.4 Å². The lowest BCUT2D eigenvalue weighted by Gasteiger charge is -2.35. The molecule has 0 saturated carbocycles. The van der Waals surface area contributed by atoms with Crippen LogP contribution >= 0.6 is 31.4 Å². The monoisotopic (exact) mass is 791 g/mol. The van der Waals surface area contributed by atoms with E-state index in [1.54, 1.807) is 0 Å². The number of para-hydroxylation sites is 3. The standard InChI is InChI=1S/C49H37N5S3/c1-5-15-34-33(14-1)29-50-48(34)47-44(38-27-31-12-2-6-16-36(31)51-38)43(35-21-24-53-23-10-9-19-41(35)53)46(42-22-26-55-57-56-42)49(54-25-20-30-11-4-8-18-40(30)54)45(47)39-28-32-13-3-7-17-37(32)52-39/h1-19,21,23-24,27-29,42,50-52H,20,22,25-26H2. The molecule has 1 atom stereocenters. The fourth-order valence-electron chi connectivity index (χ4n) is 9.45. The molecule has 0 bridgehead atoms. The van der Waals surface area contributed by atoms with Crippen LogP contribution in [0.1, 0.15) is 22.8 Å². The maximum absolute atomic E-state index is 4.00. The zero-order chi connectivity index (χ0) is 37.5. The Balaban J connectivity index is 1.35. The van der Waals surface area contributed by atoms with Gasteiger partial charge in [-0.1, -0.05) is 107 Å². The molecule has 276 valence electrons. The number of hydrogen-bond donors (Lipinski definition) is 3. The van der Waals surface area contributed by atoms with E-state index in [2.05, 4.69) is 176 Å². The number of hydrogen-bond acceptors (Lipinski definition) is 4. The van der Waals surface area contributed by atoms with Crippen molar-refractivity contribution >= 4 is 80.9 Å². The quantitative estimate of drug-likeness (QED) is 0.147. The van der Waals surface area contributed by atoms with Crippen molar-refractivity contribution in [3.63, 3.8) is 0 Å². The van der Waals surface area contributed by atoms with Gasteiger partial charge >= 0.3 is 0 Å². The number of benzene rings is 5. The SMILES string of the molecule is c1ccc2c(c1)CCN2c1c(-c2cc3ccccc3[nH]2)c(-c2[nH]cc3ccccc23)c(-c2cc3ccccc3[nH]2)c(-c2ccn3ccccc23)c1C1CCSSS1. The van der Waals surface area contributed by atoms with Crippen LogP contribution in [0.3, 0.4) is 0 Å². The summed E-state index contributed by atoms with van der Waals surface area (Å²) in [5.41, 5.74) is 18.4. The normalized spacial score (nSPS) is 15.7. The van der Waals surface area contributed by atoms with E-state index >= 15 is 0 Å². The fourth-order valence-corrected chi connectivity index (χ4v) is 14.2. The zero-order valence-electron chi connectivity index (χ0n) is 31.0. The number of H-pyrrole nitrogens is 3. The highest BCUT2D eigenvalue weighted by Crippen LogP contribution is 2.62. The van der Waals surface area contributed by atoms with E-state index in [-0.39, 0.29) is 5.25 Å². The number of aromatic amines is 3. The molecule has 10 aromatic rings. The molecule has 5 nitrogen and oxygen atoms in total. The summed E-state index contributed by atoms with van der Waals surface area (Å²) in [5, 5.41) is 5.06. The summed E-state index contributed by atoms with van der Waals surface area (Å²) in [7, 11) is 5.96. The maximum atomic E-state index is 4.00. The van der Waals surface area contributed by atoms with Crippen molar-refractivity contribution in [2.24, 2.45) is 0 Å². The van der Waals surface area contributed by atoms with Crippen LogP contribution in [-0.2, 0) is 6.42 Å². The lowest BCUT2D eigenvalue weighted by atomic mass is 9.80. The molecule has 0 spiro atoms. The van der Waals surface area contributed by atoms with Gasteiger partial charge in [-0.3, -0.25) is 0 Å². The van der Waals surface area contributed by atoms with Crippen molar-refractivity contribution in [1.82, 2.24) is 19.4 Å². The summed E-state index contributed by atoms with van der Waals surface area (Å²) in [6.07, 6.45) is 8.68. The van der Waals surface area contributed by atoms with Crippen LogP contribution in [-0.4, -0.2) is 31.7 Å². The number of nitrogens with zero attached hydrogens (tertiary/aromatic N) is 2. The average Bonchev–Trinajstić information content (AvgIpc) is 4.11. The van der Waals surface area contributed by atoms with Crippen molar-refractivity contribution in [3.05, 3.63) is 163 Å². The van der Waals surface area contributed by atoms with Crippen LogP contribution < -0.4 is 4.90 Å². The molecule has 1 unspecified atom stereocenters. The molecule has 8 heteroatoms. The average molecular weight is 792 g/mol. The molecule has 1 saturated heterocycles. The molecule has 5 aromatic heterocycles. The first-order valence-corrected chi connectivity index (χ1v) is 23.3. The third-order valence-electron chi connectivity index (χ3n) is 11.9. The number of rotatable bonds is 6. The maximum Gasteiger partial charge on any atom is 0.0563 e. The summed E-state index contributed by atoms with van der Waals surface area (Å²) in [4.78, 5) is 14.6. The van der Waals surface area contributed by atoms with Gasteiger partial charge in [-0.2, -0.15) is 0 Å². The Morgan fingerprint density at radius 2 is 1.35 bits per heavy atom. The summed E-state index contributed by atoms with van der Waals surface area (Å²) in [6.45, 7) is 0.908. The zero-order valence-corrected chi connectivity index (χ0v) is 33.4. The highest BCUT2D eigenvalue weighted by molar-refractivity contribution is 9.09. The van der Waals surface area contributed by atoms with Crippen LogP contribution in [0.4, 0.5) is 11.4 Å². The minimum Gasteiger partial charge on any atom is -0.360 e. The largest absolute Gasteiger partial charge is 0.360 e. The second-order valence-corrected chi connectivity index (χ2v) is 19.5. The minimum atomic E-state index is 0.244. The Hall–Kier alpha value is -5.67. The molecule has 57 heavy (non-hydrogen) atoms. The first-order valence-electron chi connectivity index (χ1n) is 19.6. The summed E-state index contributed by atoms with van der Waals surface area (Å²) in [6, 6.07) is 49.0. The van der Waals surface area contributed by atoms with Gasteiger partial charge in [0.25, 0.3) is 0 Å². The summed E-state index contributed by atoms with van der Waals surface area (Å²) < 4.78 is 2.28. The van der Waals surface area contributed by atoms with E-state index in [0.717, 1.165) is 53.3 Å². The van der Waals surface area contributed by atoms with Gasteiger partial charge in [0.2, 0.25) is 0 Å². The second kappa shape index (κ2) is 13.5. The Morgan fingerprint density at radius 3 is 2.14 bits per heavy atom. The van der Waals surface area contributed by atoms with E-state index in [1.807, 2.05) is 31.4 Å². The van der Waals surface area contributed by atoms with Gasteiger partial charge in [-0.25, -0.2) is 0 Å². The van der Waals surface area contributed by atoms with E-state index < -0.39 is 0 Å². The van der Waals surface area contributed by atoms with Crippen LogP contribution in [0, 0.1) is 0 Å². The van der Waals surface area contributed by atoms with E-state index in [4.69, 9.17) is 0 Å². The topological polar surface area (TPSA) is 55.0 Å². The van der Waals surface area contributed by atoms with Crippen LogP contribution in [0.5, 0.6) is 0 Å². The van der Waals surface area contributed by atoms with Gasteiger partial charge in [0.15, 0.2) is 0 Å². The van der Waals surface area contributed by atoms with Crippen molar-refractivity contribution in [2.75, 3.05) is 17.2 Å². The lowest BCUT2D eigenvalue weighted by Crippen LogP contribution is -2.20. The first kappa shape index (κ1) is 33.5. The van der Waals surface area contributed by atoms with Crippen LogP contribution in [0.15, 0.2) is 152 Å². The predicted molar refractivity (Wildman–Crippen MR) is 247 cm³/mol. The predicted octanol–water partition coefficient (Wildman–Crippen LogP) is 14.2.